The van der Waals surface area contributed by atoms with Gasteiger partial charge in [0.05, 0.1) is 24.7 Å². The van der Waals surface area contributed by atoms with Crippen LogP contribution in [0.4, 0.5) is 0 Å². The molecule has 0 aromatic carbocycles. The first kappa shape index (κ1) is 13.3. The van der Waals surface area contributed by atoms with Crippen molar-refractivity contribution in [3.8, 4) is 0 Å². The first-order chi connectivity index (χ1) is 7.82. The van der Waals surface area contributed by atoms with Crippen molar-refractivity contribution < 1.29 is 13.2 Å². The minimum absolute atomic E-state index is 0.0463. The van der Waals surface area contributed by atoms with Gasteiger partial charge in [0, 0.05) is 30.6 Å². The van der Waals surface area contributed by atoms with E-state index in [4.69, 9.17) is 10.5 Å². The van der Waals surface area contributed by atoms with Crippen LogP contribution in [-0.2, 0) is 14.6 Å². The predicted octanol–water partition coefficient (Wildman–Crippen LogP) is -0.531. The minimum Gasteiger partial charge on any atom is -0.379 e. The molecule has 17 heavy (non-hydrogen) atoms. The first-order valence-electron chi connectivity index (χ1n) is 6.10. The normalized spacial score (nSPS) is 42.8. The Morgan fingerprint density at radius 2 is 2.24 bits per heavy atom. The fraction of sp³-hybridized carbons (Fsp3) is 1.00. The summed E-state index contributed by atoms with van der Waals surface area (Å²) in [5, 5.41) is 0. The van der Waals surface area contributed by atoms with Gasteiger partial charge in [-0.3, -0.25) is 4.90 Å². The van der Waals surface area contributed by atoms with Crippen molar-refractivity contribution in [3.05, 3.63) is 0 Å². The summed E-state index contributed by atoms with van der Waals surface area (Å²) >= 11 is 0. The Balaban J connectivity index is 2.00. The van der Waals surface area contributed by atoms with E-state index in [0.29, 0.717) is 19.8 Å². The van der Waals surface area contributed by atoms with Gasteiger partial charge in [-0.05, 0) is 6.92 Å². The molecule has 6 heteroatoms. The monoisotopic (exact) mass is 262 g/mol. The van der Waals surface area contributed by atoms with Crippen molar-refractivity contribution in [2.45, 2.75) is 25.9 Å². The van der Waals surface area contributed by atoms with Gasteiger partial charge in [-0.15, -0.1) is 0 Å². The van der Waals surface area contributed by atoms with E-state index in [-0.39, 0.29) is 29.0 Å². The standard InChI is InChI=1S/C11H22N2O3S/c1-9-6-17(14,15)4-3-13(9)7-11(2)8-16-5-10(11)12/h9-10H,3-8,12H2,1-2H3. The largest absolute Gasteiger partial charge is 0.379 e. The lowest BCUT2D eigenvalue weighted by atomic mass is 9.85. The van der Waals surface area contributed by atoms with E-state index in [9.17, 15) is 8.42 Å². The summed E-state index contributed by atoms with van der Waals surface area (Å²) in [5.41, 5.74) is 6.01. The maximum atomic E-state index is 11.5. The van der Waals surface area contributed by atoms with Crippen LogP contribution in [0.1, 0.15) is 13.8 Å². The van der Waals surface area contributed by atoms with Crippen LogP contribution in [0.25, 0.3) is 0 Å². The molecule has 2 saturated heterocycles. The zero-order chi connectivity index (χ0) is 12.7. The summed E-state index contributed by atoms with van der Waals surface area (Å²) in [5.74, 6) is 0.530. The van der Waals surface area contributed by atoms with Crippen LogP contribution in [-0.4, -0.2) is 63.2 Å². The highest BCUT2D eigenvalue weighted by atomic mass is 32.2. The Morgan fingerprint density at radius 3 is 2.76 bits per heavy atom. The molecule has 0 aliphatic carbocycles. The third-order valence-electron chi connectivity index (χ3n) is 4.00. The lowest BCUT2D eigenvalue weighted by Crippen LogP contribution is -2.54. The van der Waals surface area contributed by atoms with Gasteiger partial charge in [0.25, 0.3) is 0 Å². The van der Waals surface area contributed by atoms with Crippen LogP contribution < -0.4 is 5.73 Å². The molecule has 2 fully saturated rings. The molecule has 0 bridgehead atoms. The molecule has 2 heterocycles. The lowest BCUT2D eigenvalue weighted by Gasteiger charge is -2.39. The van der Waals surface area contributed by atoms with Crippen molar-refractivity contribution >= 4 is 9.84 Å². The van der Waals surface area contributed by atoms with Crippen LogP contribution in [0.5, 0.6) is 0 Å². The number of nitrogens with two attached hydrogens (primary N) is 1. The smallest absolute Gasteiger partial charge is 0.153 e. The van der Waals surface area contributed by atoms with E-state index in [0.717, 1.165) is 6.54 Å². The van der Waals surface area contributed by atoms with Gasteiger partial charge < -0.3 is 10.5 Å². The van der Waals surface area contributed by atoms with Crippen molar-refractivity contribution in [1.29, 1.82) is 0 Å². The summed E-state index contributed by atoms with van der Waals surface area (Å²) in [4.78, 5) is 2.23. The molecule has 2 rings (SSSR count). The molecule has 3 unspecified atom stereocenters. The molecular weight excluding hydrogens is 240 g/mol. The van der Waals surface area contributed by atoms with Gasteiger partial charge in [-0.25, -0.2) is 8.42 Å². The Bertz CT molecular complexity index is 384. The number of rotatable bonds is 2. The summed E-state index contributed by atoms with van der Waals surface area (Å²) in [7, 11) is -2.84. The molecule has 2 aliphatic heterocycles. The Morgan fingerprint density at radius 1 is 1.53 bits per heavy atom. The van der Waals surface area contributed by atoms with Crippen molar-refractivity contribution in [2.24, 2.45) is 11.1 Å². The van der Waals surface area contributed by atoms with Crippen LogP contribution in [0.3, 0.4) is 0 Å². The van der Waals surface area contributed by atoms with Gasteiger partial charge in [-0.1, -0.05) is 6.92 Å². The number of nitrogens with zero attached hydrogens (tertiary/aromatic N) is 1. The quantitative estimate of drug-likeness (QED) is 0.724. The summed E-state index contributed by atoms with van der Waals surface area (Å²) in [6.07, 6.45) is 0. The van der Waals surface area contributed by atoms with Gasteiger partial charge in [0.15, 0.2) is 9.84 Å². The maximum absolute atomic E-state index is 11.5. The second-order valence-corrected chi connectivity index (χ2v) is 7.94. The molecule has 0 spiro atoms. The molecule has 0 amide bonds. The van der Waals surface area contributed by atoms with Gasteiger partial charge >= 0.3 is 0 Å². The highest BCUT2D eigenvalue weighted by molar-refractivity contribution is 7.91. The predicted molar refractivity (Wildman–Crippen MR) is 66.6 cm³/mol. The van der Waals surface area contributed by atoms with Crippen molar-refractivity contribution in [1.82, 2.24) is 4.90 Å². The zero-order valence-corrected chi connectivity index (χ0v) is 11.4. The van der Waals surface area contributed by atoms with E-state index >= 15 is 0 Å². The Hall–Kier alpha value is -0.170. The van der Waals surface area contributed by atoms with Crippen molar-refractivity contribution in [3.63, 3.8) is 0 Å². The summed E-state index contributed by atoms with van der Waals surface area (Å²) in [6.45, 7) is 6.82. The third kappa shape index (κ3) is 2.81. The van der Waals surface area contributed by atoms with E-state index in [2.05, 4.69) is 11.8 Å². The third-order valence-corrected chi connectivity index (χ3v) is 5.79. The second kappa shape index (κ2) is 4.50. The Kier molecular flexibility index (Phi) is 3.51. The number of ether oxygens (including phenoxy) is 1. The SMILES string of the molecule is CC1CS(=O)(=O)CCN1CC1(C)COCC1N. The molecule has 0 aromatic heterocycles. The summed E-state index contributed by atoms with van der Waals surface area (Å²) in [6, 6.07) is 0.131. The molecule has 2 N–H and O–H groups in total. The lowest BCUT2D eigenvalue weighted by molar-refractivity contribution is 0.104. The molecule has 5 nitrogen and oxygen atoms in total. The number of sulfone groups is 1. The maximum Gasteiger partial charge on any atom is 0.153 e. The average Bonchev–Trinajstić information content (AvgIpc) is 2.52. The highest BCUT2D eigenvalue weighted by Crippen LogP contribution is 2.29. The van der Waals surface area contributed by atoms with Crippen LogP contribution in [0.2, 0.25) is 0 Å². The van der Waals surface area contributed by atoms with E-state index in [1.807, 2.05) is 6.92 Å². The topological polar surface area (TPSA) is 72.6 Å². The molecular formula is C11H22N2O3S. The molecule has 0 radical (unpaired) electrons. The van der Waals surface area contributed by atoms with Crippen LogP contribution >= 0.6 is 0 Å². The number of hydrogen-bond acceptors (Lipinski definition) is 5. The molecule has 100 valence electrons. The second-order valence-electron chi connectivity index (χ2n) is 5.71. The van der Waals surface area contributed by atoms with E-state index in [1.54, 1.807) is 0 Å². The zero-order valence-electron chi connectivity index (χ0n) is 10.6. The summed E-state index contributed by atoms with van der Waals surface area (Å²) < 4.78 is 28.4. The van der Waals surface area contributed by atoms with Gasteiger partial charge in [0.1, 0.15) is 0 Å². The van der Waals surface area contributed by atoms with Gasteiger partial charge in [-0.2, -0.15) is 0 Å². The van der Waals surface area contributed by atoms with Crippen molar-refractivity contribution in [2.75, 3.05) is 37.8 Å². The number of hydrogen-bond donors (Lipinski definition) is 1. The van der Waals surface area contributed by atoms with Crippen LogP contribution in [0.15, 0.2) is 0 Å². The highest BCUT2D eigenvalue weighted by Gasteiger charge is 2.41. The first-order valence-corrected chi connectivity index (χ1v) is 7.92. The van der Waals surface area contributed by atoms with E-state index in [1.165, 1.54) is 0 Å². The fourth-order valence-electron chi connectivity index (χ4n) is 2.62. The average molecular weight is 262 g/mol. The van der Waals surface area contributed by atoms with Gasteiger partial charge in [0.2, 0.25) is 0 Å². The minimum atomic E-state index is -2.84. The molecule has 0 aromatic rings. The van der Waals surface area contributed by atoms with Crippen LogP contribution in [0, 0.1) is 5.41 Å². The Labute approximate surface area is 103 Å². The molecule has 0 saturated carbocycles. The molecule has 2 aliphatic rings. The van der Waals surface area contributed by atoms with E-state index < -0.39 is 9.84 Å². The molecule has 3 atom stereocenters. The fourth-order valence-corrected chi connectivity index (χ4v) is 4.25.